The van der Waals surface area contributed by atoms with Gasteiger partial charge < -0.3 is 4.42 Å². The molecular formula is C47H29N3O. The normalized spacial score (nSPS) is 11.5. The van der Waals surface area contributed by atoms with Gasteiger partial charge in [-0.15, -0.1) is 0 Å². The third-order valence-corrected chi connectivity index (χ3v) is 9.73. The Morgan fingerprint density at radius 2 is 1.00 bits per heavy atom. The molecule has 0 aliphatic rings. The van der Waals surface area contributed by atoms with Crippen molar-refractivity contribution >= 4 is 43.6 Å². The summed E-state index contributed by atoms with van der Waals surface area (Å²) in [6.07, 6.45) is 0. The molecule has 0 saturated carbocycles. The van der Waals surface area contributed by atoms with E-state index in [-0.39, 0.29) is 0 Å². The summed E-state index contributed by atoms with van der Waals surface area (Å²) in [6, 6.07) is 61.0. The van der Waals surface area contributed by atoms with Gasteiger partial charge in [0.1, 0.15) is 16.9 Å². The van der Waals surface area contributed by atoms with Crippen LogP contribution < -0.4 is 0 Å². The lowest BCUT2D eigenvalue weighted by Gasteiger charge is -2.14. The van der Waals surface area contributed by atoms with Crippen molar-refractivity contribution in [2.75, 3.05) is 0 Å². The van der Waals surface area contributed by atoms with Gasteiger partial charge in [-0.3, -0.25) is 0 Å². The van der Waals surface area contributed by atoms with Gasteiger partial charge in [0.15, 0.2) is 5.82 Å². The summed E-state index contributed by atoms with van der Waals surface area (Å²) in [7, 11) is 0. The predicted octanol–water partition coefficient (Wildman–Crippen LogP) is 12.4. The molecule has 0 unspecified atom stereocenters. The Hall–Kier alpha value is -6.91. The number of fused-ring (bicyclic) bond motifs is 5. The molecule has 0 bridgehead atoms. The molecule has 0 N–H and O–H groups in total. The molecule has 0 atom stereocenters. The summed E-state index contributed by atoms with van der Waals surface area (Å²) >= 11 is 0. The zero-order chi connectivity index (χ0) is 33.7. The SMILES string of the molecule is c1ccc(-c2cc(-c3ccc(-c4ccc(-c5cccc6c5oc5ccccc56)cc4)c4ccccc34)nc(-c3ccc4ccccc4n3)n2)cc1. The highest BCUT2D eigenvalue weighted by Crippen LogP contribution is 2.39. The van der Waals surface area contributed by atoms with E-state index in [1.807, 2.05) is 54.6 Å². The fourth-order valence-corrected chi connectivity index (χ4v) is 7.23. The van der Waals surface area contributed by atoms with Crippen LogP contribution in [0, 0.1) is 0 Å². The van der Waals surface area contributed by atoms with Gasteiger partial charge in [0.2, 0.25) is 0 Å². The summed E-state index contributed by atoms with van der Waals surface area (Å²) in [5.74, 6) is 0.598. The molecule has 0 aliphatic carbocycles. The lowest BCUT2D eigenvalue weighted by atomic mass is 9.92. The Balaban J connectivity index is 1.09. The fraction of sp³-hybridized carbons (Fsp3) is 0. The average Bonchev–Trinajstić information content (AvgIpc) is 3.60. The van der Waals surface area contributed by atoms with Crippen molar-refractivity contribution in [2.24, 2.45) is 0 Å². The summed E-state index contributed by atoms with van der Waals surface area (Å²) in [5, 5.41) is 5.64. The van der Waals surface area contributed by atoms with Crippen LogP contribution in [-0.2, 0) is 0 Å². The Kier molecular flexibility index (Phi) is 6.78. The molecule has 10 aromatic rings. The topological polar surface area (TPSA) is 51.8 Å². The van der Waals surface area contributed by atoms with Crippen LogP contribution in [0.3, 0.4) is 0 Å². The van der Waals surface area contributed by atoms with E-state index in [0.29, 0.717) is 5.82 Å². The van der Waals surface area contributed by atoms with E-state index < -0.39 is 0 Å². The molecule has 3 aromatic heterocycles. The molecule has 0 radical (unpaired) electrons. The second-order valence-electron chi connectivity index (χ2n) is 12.8. The Labute approximate surface area is 294 Å². The number of nitrogens with zero attached hydrogens (tertiary/aromatic N) is 3. The number of pyridine rings is 1. The lowest BCUT2D eigenvalue weighted by Crippen LogP contribution is -1.98. The minimum Gasteiger partial charge on any atom is -0.455 e. The molecule has 10 rings (SSSR count). The van der Waals surface area contributed by atoms with Gasteiger partial charge in [-0.25, -0.2) is 15.0 Å². The molecule has 51 heavy (non-hydrogen) atoms. The molecule has 0 fully saturated rings. The number of benzene rings is 7. The van der Waals surface area contributed by atoms with E-state index in [0.717, 1.165) is 94.1 Å². The van der Waals surface area contributed by atoms with Crippen LogP contribution >= 0.6 is 0 Å². The molecule has 238 valence electrons. The maximum absolute atomic E-state index is 6.34. The molecular weight excluding hydrogens is 623 g/mol. The lowest BCUT2D eigenvalue weighted by molar-refractivity contribution is 0.670. The van der Waals surface area contributed by atoms with Crippen LogP contribution in [0.2, 0.25) is 0 Å². The first-order valence-corrected chi connectivity index (χ1v) is 17.1. The van der Waals surface area contributed by atoms with Crippen molar-refractivity contribution < 1.29 is 4.42 Å². The summed E-state index contributed by atoms with van der Waals surface area (Å²) < 4.78 is 6.34. The molecule has 3 heterocycles. The number of rotatable bonds is 5. The van der Waals surface area contributed by atoms with Crippen LogP contribution in [-0.4, -0.2) is 15.0 Å². The summed E-state index contributed by atoms with van der Waals surface area (Å²) in [4.78, 5) is 15.2. The van der Waals surface area contributed by atoms with E-state index in [1.54, 1.807) is 0 Å². The second-order valence-corrected chi connectivity index (χ2v) is 12.8. The summed E-state index contributed by atoms with van der Waals surface area (Å²) in [5.41, 5.74) is 11.8. The number of hydrogen-bond donors (Lipinski definition) is 0. The maximum Gasteiger partial charge on any atom is 0.179 e. The maximum atomic E-state index is 6.34. The van der Waals surface area contributed by atoms with E-state index in [2.05, 4.69) is 121 Å². The standard InChI is InChI=1S/C47H29N3O/c1-2-11-32(12-3-1)43-29-44(50-47(49-43)42-28-25-33-13-4-8-19-41(33)48-42)38-27-26-34(36-14-5-6-15-37(36)38)30-21-23-31(24-22-30)35-17-10-18-40-39-16-7-9-20-45(39)51-46(35)40/h1-29H. The third kappa shape index (κ3) is 5.04. The van der Waals surface area contributed by atoms with Gasteiger partial charge in [-0.05, 0) is 51.7 Å². The molecule has 7 aromatic carbocycles. The number of hydrogen-bond acceptors (Lipinski definition) is 4. The first-order chi connectivity index (χ1) is 25.3. The number of para-hydroxylation sites is 3. The zero-order valence-corrected chi connectivity index (χ0v) is 27.5. The number of furan rings is 1. The van der Waals surface area contributed by atoms with Crippen LogP contribution in [0.1, 0.15) is 0 Å². The minimum atomic E-state index is 0.598. The Morgan fingerprint density at radius 3 is 1.84 bits per heavy atom. The summed E-state index contributed by atoms with van der Waals surface area (Å²) in [6.45, 7) is 0. The van der Waals surface area contributed by atoms with Crippen LogP contribution in [0.4, 0.5) is 0 Å². The van der Waals surface area contributed by atoms with Crippen LogP contribution in [0.5, 0.6) is 0 Å². The van der Waals surface area contributed by atoms with Gasteiger partial charge in [-0.1, -0.05) is 152 Å². The third-order valence-electron chi connectivity index (χ3n) is 9.73. The van der Waals surface area contributed by atoms with Crippen molar-refractivity contribution in [3.8, 4) is 56.3 Å². The predicted molar refractivity (Wildman–Crippen MR) is 209 cm³/mol. The van der Waals surface area contributed by atoms with E-state index in [9.17, 15) is 0 Å². The molecule has 0 aliphatic heterocycles. The second kappa shape index (κ2) is 11.9. The van der Waals surface area contributed by atoms with Gasteiger partial charge >= 0.3 is 0 Å². The van der Waals surface area contributed by atoms with Gasteiger partial charge in [0.25, 0.3) is 0 Å². The van der Waals surface area contributed by atoms with Gasteiger partial charge in [0, 0.05) is 32.8 Å². The Morgan fingerprint density at radius 1 is 0.353 bits per heavy atom. The zero-order valence-electron chi connectivity index (χ0n) is 27.5. The Bertz CT molecular complexity index is 2910. The van der Waals surface area contributed by atoms with Crippen molar-refractivity contribution in [1.82, 2.24) is 15.0 Å². The molecule has 0 spiro atoms. The van der Waals surface area contributed by atoms with E-state index in [1.165, 1.54) is 0 Å². The van der Waals surface area contributed by atoms with Crippen molar-refractivity contribution in [3.05, 3.63) is 176 Å². The number of aromatic nitrogens is 3. The van der Waals surface area contributed by atoms with Gasteiger partial charge in [-0.2, -0.15) is 0 Å². The quantitative estimate of drug-likeness (QED) is 0.186. The van der Waals surface area contributed by atoms with Crippen molar-refractivity contribution in [2.45, 2.75) is 0 Å². The highest BCUT2D eigenvalue weighted by atomic mass is 16.3. The smallest absolute Gasteiger partial charge is 0.179 e. The highest BCUT2D eigenvalue weighted by molar-refractivity contribution is 6.10. The fourth-order valence-electron chi connectivity index (χ4n) is 7.23. The molecule has 4 heteroatoms. The van der Waals surface area contributed by atoms with Crippen molar-refractivity contribution in [1.29, 1.82) is 0 Å². The molecule has 0 saturated heterocycles. The van der Waals surface area contributed by atoms with Crippen LogP contribution in [0.25, 0.3) is 99.9 Å². The van der Waals surface area contributed by atoms with E-state index in [4.69, 9.17) is 19.4 Å². The first-order valence-electron chi connectivity index (χ1n) is 17.1. The van der Waals surface area contributed by atoms with Crippen LogP contribution in [0.15, 0.2) is 180 Å². The monoisotopic (exact) mass is 651 g/mol. The van der Waals surface area contributed by atoms with E-state index >= 15 is 0 Å². The first kappa shape index (κ1) is 29.0. The molecule has 4 nitrogen and oxygen atoms in total. The van der Waals surface area contributed by atoms with Crippen molar-refractivity contribution in [3.63, 3.8) is 0 Å². The van der Waals surface area contributed by atoms with Gasteiger partial charge in [0.05, 0.1) is 16.9 Å². The molecule has 0 amide bonds. The average molecular weight is 652 g/mol. The largest absolute Gasteiger partial charge is 0.455 e. The minimum absolute atomic E-state index is 0.598. The highest BCUT2D eigenvalue weighted by Gasteiger charge is 2.17.